The van der Waals surface area contributed by atoms with Gasteiger partial charge in [-0.1, -0.05) is 0 Å². The van der Waals surface area contributed by atoms with Crippen molar-refractivity contribution in [2.24, 2.45) is 0 Å². The minimum atomic E-state index is 0.104. The number of aryl methyl sites for hydroxylation is 1. The van der Waals surface area contributed by atoms with Gasteiger partial charge in [0, 0.05) is 0 Å². The Kier molecular flexibility index (Phi) is 2.94. The molecule has 2 aliphatic heterocycles. The van der Waals surface area contributed by atoms with Crippen LogP contribution in [-0.2, 0) is 0 Å². The molecular weight excluding hydrogens is 224 g/mol. The monoisotopic (exact) mass is 246 g/mol. The summed E-state index contributed by atoms with van der Waals surface area (Å²) in [4.78, 5) is 2.42. The van der Waals surface area contributed by atoms with Crippen LogP contribution >= 0.6 is 0 Å². The number of rotatable bonds is 1. The van der Waals surface area contributed by atoms with Gasteiger partial charge in [0.2, 0.25) is 0 Å². The fourth-order valence-corrected chi connectivity index (χ4v) is 3.11. The highest BCUT2D eigenvalue weighted by Gasteiger charge is 2.24. The summed E-state index contributed by atoms with van der Waals surface area (Å²) in [6, 6.07) is 4.50. The summed E-state index contributed by atoms with van der Waals surface area (Å²) in [6.45, 7) is 6.68. The molecule has 0 spiro atoms. The van der Waals surface area contributed by atoms with Gasteiger partial charge in [-0.3, -0.25) is 0 Å². The van der Waals surface area contributed by atoms with Crippen LogP contribution in [0.3, 0.4) is 0 Å². The SMILES string of the molecule is Cc1cc2c(cc1C1CCN(C)CC1)OC(C)N2. The van der Waals surface area contributed by atoms with Crippen LogP contribution in [0, 0.1) is 6.92 Å². The first-order valence-corrected chi connectivity index (χ1v) is 6.90. The molecular formula is C15H22N2O. The molecule has 0 radical (unpaired) electrons. The summed E-state index contributed by atoms with van der Waals surface area (Å²) in [5, 5.41) is 3.34. The Bertz CT molecular complexity index is 450. The summed E-state index contributed by atoms with van der Waals surface area (Å²) < 4.78 is 5.79. The predicted molar refractivity (Wildman–Crippen MR) is 74.4 cm³/mol. The minimum Gasteiger partial charge on any atom is -0.469 e. The second kappa shape index (κ2) is 4.47. The van der Waals surface area contributed by atoms with Crippen LogP contribution < -0.4 is 10.1 Å². The van der Waals surface area contributed by atoms with Crippen molar-refractivity contribution in [3.63, 3.8) is 0 Å². The second-order valence-electron chi connectivity index (χ2n) is 5.69. The average Bonchev–Trinajstić information content (AvgIpc) is 2.68. The number of ether oxygens (including phenoxy) is 1. The summed E-state index contributed by atoms with van der Waals surface area (Å²) in [5.74, 6) is 1.73. The van der Waals surface area contributed by atoms with Gasteiger partial charge in [-0.25, -0.2) is 0 Å². The highest BCUT2D eigenvalue weighted by molar-refractivity contribution is 5.63. The Balaban J connectivity index is 1.87. The molecule has 2 heterocycles. The summed E-state index contributed by atoms with van der Waals surface area (Å²) in [6.07, 6.45) is 2.63. The van der Waals surface area contributed by atoms with E-state index in [4.69, 9.17) is 4.74 Å². The third-order valence-corrected chi connectivity index (χ3v) is 4.19. The van der Waals surface area contributed by atoms with Crippen molar-refractivity contribution in [3.8, 4) is 5.75 Å². The summed E-state index contributed by atoms with van der Waals surface area (Å²) in [5.41, 5.74) is 4.03. The highest BCUT2D eigenvalue weighted by Crippen LogP contribution is 2.39. The Labute approximate surface area is 109 Å². The number of hydrogen-bond donors (Lipinski definition) is 1. The first-order valence-electron chi connectivity index (χ1n) is 6.90. The molecule has 0 bridgehead atoms. The molecule has 3 heteroatoms. The van der Waals surface area contributed by atoms with Crippen LogP contribution in [-0.4, -0.2) is 31.3 Å². The summed E-state index contributed by atoms with van der Waals surface area (Å²) >= 11 is 0. The van der Waals surface area contributed by atoms with Gasteiger partial charge in [-0.15, -0.1) is 0 Å². The minimum absolute atomic E-state index is 0.104. The van der Waals surface area contributed by atoms with Crippen LogP contribution in [0.25, 0.3) is 0 Å². The lowest BCUT2D eigenvalue weighted by Crippen LogP contribution is -2.29. The maximum atomic E-state index is 5.79. The molecule has 1 aromatic carbocycles. The quantitative estimate of drug-likeness (QED) is 0.824. The van der Waals surface area contributed by atoms with E-state index >= 15 is 0 Å². The van der Waals surface area contributed by atoms with Crippen LogP contribution in [0.4, 0.5) is 5.69 Å². The first kappa shape index (κ1) is 11.8. The van der Waals surface area contributed by atoms with Gasteiger partial charge in [-0.05, 0) is 76.0 Å². The number of benzene rings is 1. The maximum absolute atomic E-state index is 5.79. The average molecular weight is 246 g/mol. The van der Waals surface area contributed by atoms with E-state index in [-0.39, 0.29) is 6.23 Å². The van der Waals surface area contributed by atoms with E-state index in [1.165, 1.54) is 37.1 Å². The number of nitrogens with zero attached hydrogens (tertiary/aromatic N) is 1. The molecule has 98 valence electrons. The molecule has 18 heavy (non-hydrogen) atoms. The number of piperidine rings is 1. The lowest BCUT2D eigenvalue weighted by atomic mass is 9.86. The zero-order chi connectivity index (χ0) is 12.7. The molecule has 3 nitrogen and oxygen atoms in total. The number of anilines is 1. The highest BCUT2D eigenvalue weighted by atomic mass is 16.5. The van der Waals surface area contributed by atoms with Crippen molar-refractivity contribution < 1.29 is 4.74 Å². The Hall–Kier alpha value is -1.22. The molecule has 0 saturated carbocycles. The number of nitrogens with one attached hydrogen (secondary N) is 1. The second-order valence-corrected chi connectivity index (χ2v) is 5.69. The molecule has 0 aromatic heterocycles. The standard InChI is InChI=1S/C15H22N2O/c1-10-8-14-15(18-11(2)16-14)9-13(10)12-4-6-17(3)7-5-12/h8-9,11-12,16H,4-7H2,1-3H3. The first-order chi connectivity index (χ1) is 8.63. The smallest absolute Gasteiger partial charge is 0.167 e. The van der Waals surface area contributed by atoms with E-state index < -0.39 is 0 Å². The van der Waals surface area contributed by atoms with Gasteiger partial charge in [0.1, 0.15) is 5.75 Å². The van der Waals surface area contributed by atoms with Crippen LogP contribution in [0.2, 0.25) is 0 Å². The normalized spacial score (nSPS) is 24.5. The maximum Gasteiger partial charge on any atom is 0.167 e. The Morgan fingerprint density at radius 2 is 2.00 bits per heavy atom. The van der Waals surface area contributed by atoms with Crippen molar-refractivity contribution in [2.75, 3.05) is 25.5 Å². The zero-order valence-electron chi connectivity index (χ0n) is 11.5. The van der Waals surface area contributed by atoms with E-state index in [1.807, 2.05) is 6.92 Å². The van der Waals surface area contributed by atoms with Crippen molar-refractivity contribution >= 4 is 5.69 Å². The number of hydrogen-bond acceptors (Lipinski definition) is 3. The predicted octanol–water partition coefficient (Wildman–Crippen LogP) is 2.95. The molecule has 1 N–H and O–H groups in total. The van der Waals surface area contributed by atoms with E-state index in [1.54, 1.807) is 0 Å². The lowest BCUT2D eigenvalue weighted by Gasteiger charge is -2.30. The lowest BCUT2D eigenvalue weighted by molar-refractivity contribution is 0.253. The Morgan fingerprint density at radius 1 is 1.28 bits per heavy atom. The van der Waals surface area contributed by atoms with Crippen molar-refractivity contribution in [3.05, 3.63) is 23.3 Å². The molecule has 1 unspecified atom stereocenters. The van der Waals surface area contributed by atoms with Gasteiger partial charge >= 0.3 is 0 Å². The molecule has 0 amide bonds. The van der Waals surface area contributed by atoms with E-state index in [9.17, 15) is 0 Å². The van der Waals surface area contributed by atoms with Gasteiger partial charge in [0.25, 0.3) is 0 Å². The third-order valence-electron chi connectivity index (χ3n) is 4.19. The van der Waals surface area contributed by atoms with Crippen LogP contribution in [0.1, 0.15) is 36.8 Å². The van der Waals surface area contributed by atoms with E-state index in [2.05, 4.69) is 36.3 Å². The molecule has 2 aliphatic rings. The van der Waals surface area contributed by atoms with Crippen LogP contribution in [0.5, 0.6) is 5.75 Å². The van der Waals surface area contributed by atoms with Gasteiger partial charge < -0.3 is 15.0 Å². The van der Waals surface area contributed by atoms with Gasteiger partial charge in [-0.2, -0.15) is 0 Å². The van der Waals surface area contributed by atoms with Crippen LogP contribution in [0.15, 0.2) is 12.1 Å². The molecule has 3 rings (SSSR count). The van der Waals surface area contributed by atoms with Gasteiger partial charge in [0.05, 0.1) is 5.69 Å². The third kappa shape index (κ3) is 2.07. The summed E-state index contributed by atoms with van der Waals surface area (Å²) in [7, 11) is 2.21. The van der Waals surface area contributed by atoms with Crippen molar-refractivity contribution in [2.45, 2.75) is 38.8 Å². The van der Waals surface area contributed by atoms with Gasteiger partial charge in [0.15, 0.2) is 6.23 Å². The zero-order valence-corrected chi connectivity index (χ0v) is 11.5. The fraction of sp³-hybridized carbons (Fsp3) is 0.600. The molecule has 1 aromatic rings. The number of fused-ring (bicyclic) bond motifs is 1. The topological polar surface area (TPSA) is 24.5 Å². The Morgan fingerprint density at radius 3 is 2.72 bits per heavy atom. The molecule has 1 fully saturated rings. The van der Waals surface area contributed by atoms with Crippen molar-refractivity contribution in [1.82, 2.24) is 4.90 Å². The largest absolute Gasteiger partial charge is 0.469 e. The van der Waals surface area contributed by atoms with E-state index in [0.29, 0.717) is 5.92 Å². The van der Waals surface area contributed by atoms with E-state index in [0.717, 1.165) is 11.4 Å². The number of likely N-dealkylation sites (tertiary alicyclic amines) is 1. The fourth-order valence-electron chi connectivity index (χ4n) is 3.11. The molecule has 1 saturated heterocycles. The molecule has 0 aliphatic carbocycles. The molecule has 1 atom stereocenters. The van der Waals surface area contributed by atoms with Crippen molar-refractivity contribution in [1.29, 1.82) is 0 Å².